The van der Waals surface area contributed by atoms with E-state index in [0.717, 1.165) is 18.0 Å². The predicted molar refractivity (Wildman–Crippen MR) is 109 cm³/mol. The summed E-state index contributed by atoms with van der Waals surface area (Å²) in [4.78, 5) is 19.5. The quantitative estimate of drug-likeness (QED) is 0.532. The lowest BCUT2D eigenvalue weighted by atomic mass is 10.3. The zero-order valence-corrected chi connectivity index (χ0v) is 17.1. The summed E-state index contributed by atoms with van der Waals surface area (Å²) < 4.78 is 5.61. The number of benzene rings is 1. The molecular formula is C18H19ClN4O2S2. The molecule has 0 aliphatic rings. The van der Waals surface area contributed by atoms with Crippen LogP contribution in [0.15, 0.2) is 46.9 Å². The minimum Gasteiger partial charge on any atom is -0.492 e. The van der Waals surface area contributed by atoms with Gasteiger partial charge in [-0.1, -0.05) is 29.4 Å². The first kappa shape index (κ1) is 19.7. The van der Waals surface area contributed by atoms with Crippen LogP contribution in [0, 0.1) is 0 Å². The maximum Gasteiger partial charge on any atom is 0.232 e. The Morgan fingerprint density at radius 2 is 2.15 bits per heavy atom. The molecule has 6 nitrogen and oxygen atoms in total. The number of amides is 1. The number of halogens is 1. The number of rotatable bonds is 9. The highest BCUT2D eigenvalue weighted by Gasteiger charge is 2.12. The summed E-state index contributed by atoms with van der Waals surface area (Å²) in [5, 5.41) is 10.4. The van der Waals surface area contributed by atoms with E-state index < -0.39 is 0 Å². The molecule has 2 aromatic heterocycles. The van der Waals surface area contributed by atoms with E-state index in [-0.39, 0.29) is 11.7 Å². The highest BCUT2D eigenvalue weighted by atomic mass is 35.5. The standard InChI is InChI=1S/C18H19ClN4O2S2/c1-23(8-9-25-14-6-4-13(19)5-7-14)17(24)12-27-18-20-16(21-22-18)11-15-3-2-10-26-15/h2-7,10H,8-9,11-12H2,1H3,(H,20,21,22). The van der Waals surface area contributed by atoms with E-state index in [9.17, 15) is 4.79 Å². The molecule has 0 bridgehead atoms. The van der Waals surface area contributed by atoms with Gasteiger partial charge in [0.25, 0.3) is 0 Å². The van der Waals surface area contributed by atoms with Gasteiger partial charge in [-0.25, -0.2) is 4.98 Å². The molecular weight excluding hydrogens is 404 g/mol. The first-order valence-corrected chi connectivity index (χ1v) is 10.5. The lowest BCUT2D eigenvalue weighted by molar-refractivity contribution is -0.127. The van der Waals surface area contributed by atoms with E-state index in [1.165, 1.54) is 16.6 Å². The van der Waals surface area contributed by atoms with Gasteiger partial charge in [0.05, 0.1) is 12.3 Å². The van der Waals surface area contributed by atoms with Gasteiger partial charge in [0.15, 0.2) is 0 Å². The third kappa shape index (κ3) is 6.27. The molecule has 0 atom stereocenters. The molecule has 0 spiro atoms. The fraction of sp³-hybridized carbons (Fsp3) is 0.278. The first-order valence-electron chi connectivity index (χ1n) is 8.29. The Morgan fingerprint density at radius 1 is 1.33 bits per heavy atom. The van der Waals surface area contributed by atoms with Gasteiger partial charge in [-0.15, -0.1) is 16.4 Å². The number of hydrogen-bond acceptors (Lipinski definition) is 6. The lowest BCUT2D eigenvalue weighted by Gasteiger charge is -2.17. The Labute approximate surface area is 170 Å². The van der Waals surface area contributed by atoms with Crippen molar-refractivity contribution in [2.45, 2.75) is 11.6 Å². The van der Waals surface area contributed by atoms with Crippen molar-refractivity contribution in [3.05, 3.63) is 57.5 Å². The van der Waals surface area contributed by atoms with Gasteiger partial charge < -0.3 is 9.64 Å². The normalized spacial score (nSPS) is 10.7. The zero-order valence-electron chi connectivity index (χ0n) is 14.7. The molecule has 2 heterocycles. The van der Waals surface area contributed by atoms with Crippen molar-refractivity contribution in [1.82, 2.24) is 20.1 Å². The fourth-order valence-corrected chi connectivity index (χ4v) is 3.79. The molecule has 0 unspecified atom stereocenters. The summed E-state index contributed by atoms with van der Waals surface area (Å²) in [7, 11) is 1.76. The molecule has 0 radical (unpaired) electrons. The number of thioether (sulfide) groups is 1. The average molecular weight is 423 g/mol. The van der Waals surface area contributed by atoms with Crippen molar-refractivity contribution in [1.29, 1.82) is 0 Å². The highest BCUT2D eigenvalue weighted by Crippen LogP contribution is 2.17. The molecule has 1 aromatic carbocycles. The number of nitrogens with zero attached hydrogens (tertiary/aromatic N) is 3. The van der Waals surface area contributed by atoms with Crippen LogP contribution in [0.4, 0.5) is 0 Å². The number of ether oxygens (including phenoxy) is 1. The van der Waals surface area contributed by atoms with Crippen molar-refractivity contribution < 1.29 is 9.53 Å². The summed E-state index contributed by atoms with van der Waals surface area (Å²) >= 11 is 8.84. The molecule has 0 aliphatic carbocycles. The number of hydrogen-bond donors (Lipinski definition) is 1. The number of carbonyl (C=O) groups is 1. The van der Waals surface area contributed by atoms with Crippen molar-refractivity contribution >= 4 is 40.6 Å². The number of carbonyl (C=O) groups excluding carboxylic acids is 1. The molecule has 27 heavy (non-hydrogen) atoms. The molecule has 0 fully saturated rings. The van der Waals surface area contributed by atoms with Crippen LogP contribution in [0.1, 0.15) is 10.7 Å². The van der Waals surface area contributed by atoms with E-state index in [2.05, 4.69) is 21.2 Å². The second-order valence-corrected chi connectivity index (χ2v) is 8.14. The second kappa shape index (κ2) is 9.77. The molecule has 0 aliphatic heterocycles. The Hall–Kier alpha value is -2.03. The Kier molecular flexibility index (Phi) is 7.14. The van der Waals surface area contributed by atoms with Crippen molar-refractivity contribution in [2.24, 2.45) is 0 Å². The molecule has 1 amide bonds. The van der Waals surface area contributed by atoms with Crippen LogP contribution >= 0.6 is 34.7 Å². The highest BCUT2D eigenvalue weighted by molar-refractivity contribution is 7.99. The summed E-state index contributed by atoms with van der Waals surface area (Å²) in [6.07, 6.45) is 0.723. The molecule has 9 heteroatoms. The zero-order chi connectivity index (χ0) is 19.1. The largest absolute Gasteiger partial charge is 0.492 e. The fourth-order valence-electron chi connectivity index (χ4n) is 2.19. The number of H-pyrrole nitrogens is 1. The minimum absolute atomic E-state index is 0.00399. The molecule has 142 valence electrons. The maximum absolute atomic E-state index is 12.2. The molecule has 3 rings (SSSR count). The number of aromatic nitrogens is 3. The van der Waals surface area contributed by atoms with Gasteiger partial charge in [0.2, 0.25) is 11.1 Å². The van der Waals surface area contributed by atoms with E-state index in [1.807, 2.05) is 11.4 Å². The van der Waals surface area contributed by atoms with Gasteiger partial charge in [0, 0.05) is 23.4 Å². The lowest BCUT2D eigenvalue weighted by Crippen LogP contribution is -2.32. The van der Waals surface area contributed by atoms with Crippen LogP contribution in [0.5, 0.6) is 5.75 Å². The number of nitrogens with one attached hydrogen (secondary N) is 1. The maximum atomic E-state index is 12.2. The predicted octanol–water partition coefficient (Wildman–Crippen LogP) is 3.74. The third-order valence-corrected chi connectivity index (χ3v) is 5.65. The van der Waals surface area contributed by atoms with Crippen LogP contribution < -0.4 is 4.74 Å². The van der Waals surface area contributed by atoms with Gasteiger partial charge in [0.1, 0.15) is 18.2 Å². The molecule has 1 N–H and O–H groups in total. The molecule has 0 saturated carbocycles. The van der Waals surface area contributed by atoms with Gasteiger partial charge >= 0.3 is 0 Å². The Balaban J connectivity index is 1.38. The summed E-state index contributed by atoms with van der Waals surface area (Å²) in [5.41, 5.74) is 0. The van der Waals surface area contributed by atoms with Crippen LogP contribution in [-0.2, 0) is 11.2 Å². The van der Waals surface area contributed by atoms with E-state index in [0.29, 0.717) is 23.3 Å². The summed E-state index contributed by atoms with van der Waals surface area (Å²) in [6.45, 7) is 0.916. The Morgan fingerprint density at radius 3 is 2.89 bits per heavy atom. The van der Waals surface area contributed by atoms with Crippen LogP contribution in [0.3, 0.4) is 0 Å². The first-order chi connectivity index (χ1) is 13.1. The molecule has 0 saturated heterocycles. The SMILES string of the molecule is CN(CCOc1ccc(Cl)cc1)C(=O)CSc1n[nH]c(Cc2cccs2)n1. The summed E-state index contributed by atoms with van der Waals surface area (Å²) in [6, 6.07) is 11.2. The third-order valence-electron chi connectivity index (χ3n) is 3.69. The minimum atomic E-state index is 0.00399. The van der Waals surface area contributed by atoms with Crippen LogP contribution in [0.2, 0.25) is 5.02 Å². The van der Waals surface area contributed by atoms with Crippen LogP contribution in [-0.4, -0.2) is 51.9 Å². The second-order valence-electron chi connectivity index (χ2n) is 5.73. The van der Waals surface area contributed by atoms with E-state index in [1.54, 1.807) is 47.5 Å². The average Bonchev–Trinajstić information content (AvgIpc) is 3.33. The van der Waals surface area contributed by atoms with Gasteiger partial charge in [-0.3, -0.25) is 9.89 Å². The number of thiophene rings is 1. The van der Waals surface area contributed by atoms with E-state index in [4.69, 9.17) is 16.3 Å². The number of likely N-dealkylation sites (N-methyl/N-ethyl adjacent to an activating group) is 1. The van der Waals surface area contributed by atoms with Gasteiger partial charge in [-0.2, -0.15) is 0 Å². The Bertz CT molecular complexity index is 853. The van der Waals surface area contributed by atoms with Crippen LogP contribution in [0.25, 0.3) is 0 Å². The van der Waals surface area contributed by atoms with Crippen molar-refractivity contribution in [3.8, 4) is 5.75 Å². The smallest absolute Gasteiger partial charge is 0.232 e. The summed E-state index contributed by atoms with van der Waals surface area (Å²) in [5.74, 6) is 1.82. The number of aromatic amines is 1. The molecule has 3 aromatic rings. The van der Waals surface area contributed by atoms with Crippen molar-refractivity contribution in [3.63, 3.8) is 0 Å². The van der Waals surface area contributed by atoms with E-state index >= 15 is 0 Å². The van der Waals surface area contributed by atoms with Gasteiger partial charge in [-0.05, 0) is 35.7 Å². The monoisotopic (exact) mass is 422 g/mol. The topological polar surface area (TPSA) is 71.1 Å². The van der Waals surface area contributed by atoms with Crippen molar-refractivity contribution in [2.75, 3.05) is 26.0 Å².